The van der Waals surface area contributed by atoms with Crippen LogP contribution >= 0.6 is 0 Å². The van der Waals surface area contributed by atoms with E-state index in [1.807, 2.05) is 4.90 Å². The van der Waals surface area contributed by atoms with E-state index >= 15 is 0 Å². The molecule has 2 unspecified atom stereocenters. The Labute approximate surface area is 98.3 Å². The lowest BCUT2D eigenvalue weighted by atomic mass is 10.1. The Balaban J connectivity index is 4.14. The van der Waals surface area contributed by atoms with Crippen molar-refractivity contribution in [2.75, 3.05) is 19.6 Å². The number of hydrogen-bond donors (Lipinski definition) is 2. The van der Waals surface area contributed by atoms with E-state index in [0.29, 0.717) is 19.0 Å². The second kappa shape index (κ2) is 7.63. The number of aliphatic hydroxyl groups excluding tert-OH is 1. The predicted molar refractivity (Wildman–Crippen MR) is 64.4 cm³/mol. The Morgan fingerprint density at radius 1 is 1.19 bits per heavy atom. The quantitative estimate of drug-likeness (QED) is 0.663. The molecule has 0 saturated carbocycles. The van der Waals surface area contributed by atoms with Crippen LogP contribution in [0.15, 0.2) is 0 Å². The van der Waals surface area contributed by atoms with Crippen molar-refractivity contribution in [3.8, 4) is 0 Å². The standard InChI is InChI=1S/C12H25NO3/c1-9(2)5-6-13(8-11(4)14)7-10(3)12(15)16/h9-11,14H,5-8H2,1-4H3,(H,15,16). The number of carboxylic acid groups (broad SMARTS) is 1. The molecule has 0 fully saturated rings. The Morgan fingerprint density at radius 3 is 2.12 bits per heavy atom. The first kappa shape index (κ1) is 15.4. The summed E-state index contributed by atoms with van der Waals surface area (Å²) in [6, 6.07) is 0. The largest absolute Gasteiger partial charge is 0.481 e. The number of aliphatic carboxylic acids is 1. The molecule has 0 aromatic heterocycles. The molecule has 0 aliphatic carbocycles. The molecule has 2 atom stereocenters. The van der Waals surface area contributed by atoms with E-state index in [1.54, 1.807) is 13.8 Å². The summed E-state index contributed by atoms with van der Waals surface area (Å²) in [5, 5.41) is 18.2. The first-order chi connectivity index (χ1) is 7.32. The van der Waals surface area contributed by atoms with Crippen LogP contribution < -0.4 is 0 Å². The van der Waals surface area contributed by atoms with Crippen LogP contribution in [0, 0.1) is 11.8 Å². The molecule has 0 aliphatic heterocycles. The zero-order valence-electron chi connectivity index (χ0n) is 10.8. The Morgan fingerprint density at radius 2 is 1.75 bits per heavy atom. The highest BCUT2D eigenvalue weighted by Gasteiger charge is 2.17. The van der Waals surface area contributed by atoms with E-state index < -0.39 is 12.1 Å². The molecule has 16 heavy (non-hydrogen) atoms. The maximum atomic E-state index is 10.8. The minimum Gasteiger partial charge on any atom is -0.481 e. The number of nitrogens with zero attached hydrogens (tertiary/aromatic N) is 1. The fourth-order valence-electron chi connectivity index (χ4n) is 1.54. The molecule has 0 aromatic carbocycles. The van der Waals surface area contributed by atoms with E-state index in [1.165, 1.54) is 0 Å². The first-order valence-electron chi connectivity index (χ1n) is 5.96. The first-order valence-corrected chi connectivity index (χ1v) is 5.96. The molecule has 4 nitrogen and oxygen atoms in total. The highest BCUT2D eigenvalue weighted by molar-refractivity contribution is 5.69. The SMILES string of the molecule is CC(C)CCN(CC(C)O)CC(C)C(=O)O. The van der Waals surface area contributed by atoms with Gasteiger partial charge in [-0.25, -0.2) is 0 Å². The smallest absolute Gasteiger partial charge is 0.307 e. The zero-order chi connectivity index (χ0) is 12.7. The van der Waals surface area contributed by atoms with Crippen molar-refractivity contribution in [3.63, 3.8) is 0 Å². The van der Waals surface area contributed by atoms with Crippen LogP contribution in [0.5, 0.6) is 0 Å². The van der Waals surface area contributed by atoms with Gasteiger partial charge in [-0.2, -0.15) is 0 Å². The van der Waals surface area contributed by atoms with Gasteiger partial charge in [0, 0.05) is 13.1 Å². The van der Waals surface area contributed by atoms with E-state index in [4.69, 9.17) is 5.11 Å². The third-order valence-electron chi connectivity index (χ3n) is 2.50. The Bertz CT molecular complexity index is 204. The summed E-state index contributed by atoms with van der Waals surface area (Å²) in [4.78, 5) is 12.8. The highest BCUT2D eigenvalue weighted by Crippen LogP contribution is 2.06. The molecule has 0 spiro atoms. The summed E-state index contributed by atoms with van der Waals surface area (Å²) in [7, 11) is 0. The van der Waals surface area contributed by atoms with Crippen molar-refractivity contribution in [2.24, 2.45) is 11.8 Å². The van der Waals surface area contributed by atoms with Crippen LogP contribution in [-0.2, 0) is 4.79 Å². The molecule has 0 aliphatic rings. The summed E-state index contributed by atoms with van der Waals surface area (Å²) >= 11 is 0. The number of carbonyl (C=O) groups is 1. The maximum absolute atomic E-state index is 10.8. The van der Waals surface area contributed by atoms with Crippen LogP contribution in [0.1, 0.15) is 34.1 Å². The lowest BCUT2D eigenvalue weighted by Crippen LogP contribution is -2.37. The average Bonchev–Trinajstić information content (AvgIpc) is 2.12. The normalized spacial score (nSPS) is 15.4. The van der Waals surface area contributed by atoms with Crippen molar-refractivity contribution < 1.29 is 15.0 Å². The maximum Gasteiger partial charge on any atom is 0.307 e. The van der Waals surface area contributed by atoms with Gasteiger partial charge in [0.05, 0.1) is 12.0 Å². The fraction of sp³-hybridized carbons (Fsp3) is 0.917. The van der Waals surface area contributed by atoms with Crippen LogP contribution in [0.2, 0.25) is 0 Å². The molecule has 0 heterocycles. The lowest BCUT2D eigenvalue weighted by molar-refractivity contribution is -0.141. The van der Waals surface area contributed by atoms with Crippen molar-refractivity contribution in [1.29, 1.82) is 0 Å². The van der Waals surface area contributed by atoms with Crippen LogP contribution in [0.4, 0.5) is 0 Å². The molecule has 0 aromatic rings. The van der Waals surface area contributed by atoms with Crippen molar-refractivity contribution >= 4 is 5.97 Å². The van der Waals surface area contributed by atoms with Gasteiger partial charge >= 0.3 is 5.97 Å². The summed E-state index contributed by atoms with van der Waals surface area (Å²) in [6.45, 7) is 9.61. The number of hydrogen-bond acceptors (Lipinski definition) is 3. The minimum absolute atomic E-state index is 0.383. The Kier molecular flexibility index (Phi) is 7.34. The minimum atomic E-state index is -0.778. The summed E-state index contributed by atoms with van der Waals surface area (Å²) in [5.41, 5.74) is 0. The van der Waals surface area contributed by atoms with E-state index in [0.717, 1.165) is 13.0 Å². The number of rotatable bonds is 8. The molecule has 0 rings (SSSR count). The van der Waals surface area contributed by atoms with Crippen molar-refractivity contribution in [2.45, 2.75) is 40.2 Å². The van der Waals surface area contributed by atoms with Gasteiger partial charge in [-0.15, -0.1) is 0 Å². The van der Waals surface area contributed by atoms with Crippen LogP contribution in [-0.4, -0.2) is 46.8 Å². The summed E-state index contributed by atoms with van der Waals surface area (Å²) < 4.78 is 0. The average molecular weight is 231 g/mol. The third-order valence-corrected chi connectivity index (χ3v) is 2.50. The molecular formula is C12H25NO3. The molecule has 4 heteroatoms. The Hall–Kier alpha value is -0.610. The summed E-state index contributed by atoms with van der Waals surface area (Å²) in [6.07, 6.45) is 0.618. The molecule has 0 saturated heterocycles. The molecule has 96 valence electrons. The highest BCUT2D eigenvalue weighted by atomic mass is 16.4. The third kappa shape index (κ3) is 7.65. The van der Waals surface area contributed by atoms with Gasteiger partial charge in [0.15, 0.2) is 0 Å². The lowest BCUT2D eigenvalue weighted by Gasteiger charge is -2.26. The molecule has 0 amide bonds. The molecule has 2 N–H and O–H groups in total. The van der Waals surface area contributed by atoms with Gasteiger partial charge in [-0.3, -0.25) is 9.69 Å². The topological polar surface area (TPSA) is 60.8 Å². The van der Waals surface area contributed by atoms with Gasteiger partial charge in [0.25, 0.3) is 0 Å². The number of aliphatic hydroxyl groups is 1. The van der Waals surface area contributed by atoms with Gasteiger partial charge < -0.3 is 10.2 Å². The molecule has 0 bridgehead atoms. The van der Waals surface area contributed by atoms with Gasteiger partial charge in [0.2, 0.25) is 0 Å². The van der Waals surface area contributed by atoms with Crippen molar-refractivity contribution in [1.82, 2.24) is 4.90 Å². The van der Waals surface area contributed by atoms with Crippen LogP contribution in [0.25, 0.3) is 0 Å². The van der Waals surface area contributed by atoms with Gasteiger partial charge in [0.1, 0.15) is 0 Å². The van der Waals surface area contributed by atoms with E-state index in [9.17, 15) is 9.90 Å². The van der Waals surface area contributed by atoms with E-state index in [2.05, 4.69) is 13.8 Å². The van der Waals surface area contributed by atoms with Crippen LogP contribution in [0.3, 0.4) is 0 Å². The zero-order valence-corrected chi connectivity index (χ0v) is 10.8. The van der Waals surface area contributed by atoms with Crippen molar-refractivity contribution in [3.05, 3.63) is 0 Å². The predicted octanol–water partition coefficient (Wildman–Crippen LogP) is 1.44. The fourth-order valence-corrected chi connectivity index (χ4v) is 1.54. The van der Waals surface area contributed by atoms with Gasteiger partial charge in [-0.05, 0) is 25.8 Å². The molecular weight excluding hydrogens is 206 g/mol. The molecule has 0 radical (unpaired) electrons. The van der Waals surface area contributed by atoms with Gasteiger partial charge in [-0.1, -0.05) is 20.8 Å². The number of carboxylic acids is 1. The summed E-state index contributed by atoms with van der Waals surface area (Å²) in [5.74, 6) is -0.567. The second-order valence-corrected chi connectivity index (χ2v) is 5.03. The second-order valence-electron chi connectivity index (χ2n) is 5.03. The monoisotopic (exact) mass is 231 g/mol. The van der Waals surface area contributed by atoms with E-state index in [-0.39, 0.29) is 5.92 Å².